The van der Waals surface area contributed by atoms with Gasteiger partial charge in [-0.25, -0.2) is 0 Å². The lowest BCUT2D eigenvalue weighted by Crippen LogP contribution is -2.36. The lowest BCUT2D eigenvalue weighted by molar-refractivity contribution is -0.00297. The van der Waals surface area contributed by atoms with Gasteiger partial charge in [-0.3, -0.25) is 0 Å². The van der Waals surface area contributed by atoms with Crippen LogP contribution >= 0.6 is 0 Å². The maximum Gasteiger partial charge on any atom is 0.0964 e. The van der Waals surface area contributed by atoms with Crippen LogP contribution in [0.25, 0.3) is 0 Å². The molecule has 0 aliphatic heterocycles. The lowest BCUT2D eigenvalue weighted by Gasteiger charge is -2.36. The van der Waals surface area contributed by atoms with Crippen molar-refractivity contribution in [1.29, 1.82) is 0 Å². The summed E-state index contributed by atoms with van der Waals surface area (Å²) in [6.07, 6.45) is 8.43. The molecule has 2 heteroatoms. The minimum atomic E-state index is 0.227. The summed E-state index contributed by atoms with van der Waals surface area (Å²) in [5, 5.41) is 0. The molecule has 2 bridgehead atoms. The third-order valence-corrected chi connectivity index (χ3v) is 4.08. The van der Waals surface area contributed by atoms with Crippen LogP contribution < -0.4 is 0 Å². The normalized spacial score (nSPS) is 31.2. The van der Waals surface area contributed by atoms with Crippen molar-refractivity contribution in [3.63, 3.8) is 0 Å². The lowest BCUT2D eigenvalue weighted by atomic mass is 9.74. The Hall–Kier alpha value is -0.920. The predicted octanol–water partition coefficient (Wildman–Crippen LogP) is 3.11. The van der Waals surface area contributed by atoms with Gasteiger partial charge in [0.25, 0.3) is 0 Å². The van der Waals surface area contributed by atoms with Crippen molar-refractivity contribution in [3.8, 4) is 0 Å². The van der Waals surface area contributed by atoms with E-state index in [4.69, 9.17) is 9.47 Å². The predicted molar refractivity (Wildman–Crippen MR) is 60.2 cm³/mol. The molecular formula is C13H20O2. The first kappa shape index (κ1) is 10.6. The number of fused-ring (bicyclic) bond motifs is 2. The van der Waals surface area contributed by atoms with E-state index in [2.05, 4.69) is 13.2 Å². The largest absolute Gasteiger partial charge is 0.501 e. The van der Waals surface area contributed by atoms with E-state index in [1.165, 1.54) is 25.7 Å². The minimum Gasteiger partial charge on any atom is -0.501 e. The van der Waals surface area contributed by atoms with Crippen LogP contribution in [0.15, 0.2) is 25.7 Å². The third kappa shape index (κ3) is 1.90. The Morgan fingerprint density at radius 3 is 2.20 bits per heavy atom. The second kappa shape index (κ2) is 4.30. The Kier molecular flexibility index (Phi) is 3.03. The highest BCUT2D eigenvalue weighted by molar-refractivity contribution is 5.00. The van der Waals surface area contributed by atoms with Gasteiger partial charge in [0.05, 0.1) is 25.7 Å². The number of ether oxygens (including phenoxy) is 2. The zero-order valence-corrected chi connectivity index (χ0v) is 9.28. The molecule has 84 valence electrons. The van der Waals surface area contributed by atoms with Crippen molar-refractivity contribution >= 4 is 0 Å². The van der Waals surface area contributed by atoms with E-state index in [1.807, 2.05) is 0 Å². The van der Waals surface area contributed by atoms with Gasteiger partial charge in [-0.2, -0.15) is 0 Å². The molecule has 0 aromatic heterocycles. The molecule has 0 saturated heterocycles. The Labute approximate surface area is 92.0 Å². The summed E-state index contributed by atoms with van der Waals surface area (Å²) in [7, 11) is 0. The maximum atomic E-state index is 5.42. The second-order valence-electron chi connectivity index (χ2n) is 4.90. The van der Waals surface area contributed by atoms with E-state index in [0.717, 1.165) is 25.0 Å². The van der Waals surface area contributed by atoms with Gasteiger partial charge >= 0.3 is 0 Å². The molecule has 2 aliphatic rings. The monoisotopic (exact) mass is 208 g/mol. The van der Waals surface area contributed by atoms with Crippen molar-refractivity contribution in [2.24, 2.45) is 17.3 Å². The Morgan fingerprint density at radius 1 is 1.13 bits per heavy atom. The molecule has 2 saturated carbocycles. The van der Waals surface area contributed by atoms with Crippen LogP contribution in [-0.2, 0) is 9.47 Å². The molecule has 2 rings (SSSR count). The molecule has 2 unspecified atom stereocenters. The first-order chi connectivity index (χ1) is 7.30. The molecule has 15 heavy (non-hydrogen) atoms. The summed E-state index contributed by atoms with van der Waals surface area (Å²) in [6, 6.07) is 0. The van der Waals surface area contributed by atoms with Crippen molar-refractivity contribution in [1.82, 2.24) is 0 Å². The van der Waals surface area contributed by atoms with E-state index in [9.17, 15) is 0 Å². The van der Waals surface area contributed by atoms with Gasteiger partial charge in [0.1, 0.15) is 0 Å². The summed E-state index contributed by atoms with van der Waals surface area (Å²) in [5.74, 6) is 1.68. The SMILES string of the molecule is C=COCC1(COC=C)CC2CCC1C2. The average Bonchev–Trinajstić information content (AvgIpc) is 2.84. The van der Waals surface area contributed by atoms with Gasteiger partial charge in [0.15, 0.2) is 0 Å². The molecule has 2 nitrogen and oxygen atoms in total. The molecule has 2 atom stereocenters. The Morgan fingerprint density at radius 2 is 1.80 bits per heavy atom. The molecule has 2 fully saturated rings. The van der Waals surface area contributed by atoms with Crippen LogP contribution in [0.3, 0.4) is 0 Å². The smallest absolute Gasteiger partial charge is 0.0964 e. The van der Waals surface area contributed by atoms with Crippen LogP contribution in [0, 0.1) is 17.3 Å². The second-order valence-corrected chi connectivity index (χ2v) is 4.90. The van der Waals surface area contributed by atoms with E-state index >= 15 is 0 Å². The van der Waals surface area contributed by atoms with Crippen LogP contribution in [0.4, 0.5) is 0 Å². The number of rotatable bonds is 6. The highest BCUT2D eigenvalue weighted by atomic mass is 16.5. The van der Waals surface area contributed by atoms with Gasteiger partial charge in [-0.15, -0.1) is 0 Å². The fraction of sp³-hybridized carbons (Fsp3) is 0.692. The molecule has 0 aromatic carbocycles. The number of hydrogen-bond donors (Lipinski definition) is 0. The highest BCUT2D eigenvalue weighted by Crippen LogP contribution is 2.56. The molecule has 0 amide bonds. The van der Waals surface area contributed by atoms with E-state index in [-0.39, 0.29) is 5.41 Å². The Bertz CT molecular complexity index is 235. The van der Waals surface area contributed by atoms with Crippen molar-refractivity contribution in [2.75, 3.05) is 13.2 Å². The molecule has 0 aromatic rings. The fourth-order valence-corrected chi connectivity index (χ4v) is 3.40. The van der Waals surface area contributed by atoms with E-state index in [0.29, 0.717) is 0 Å². The standard InChI is InChI=1S/C13H20O2/c1-3-14-9-13(10-15-4-2)8-11-5-6-12(13)7-11/h3-4,11-12H,1-2,5-10H2. The topological polar surface area (TPSA) is 18.5 Å². The summed E-state index contributed by atoms with van der Waals surface area (Å²) in [5.41, 5.74) is 0.227. The van der Waals surface area contributed by atoms with E-state index in [1.54, 1.807) is 12.5 Å². The minimum absolute atomic E-state index is 0.227. The quantitative estimate of drug-likeness (QED) is 0.624. The van der Waals surface area contributed by atoms with Crippen molar-refractivity contribution < 1.29 is 9.47 Å². The van der Waals surface area contributed by atoms with Crippen LogP contribution in [0.2, 0.25) is 0 Å². The van der Waals surface area contributed by atoms with Crippen LogP contribution in [0.1, 0.15) is 25.7 Å². The fourth-order valence-electron chi connectivity index (χ4n) is 3.40. The summed E-state index contributed by atoms with van der Waals surface area (Å²) < 4.78 is 10.8. The van der Waals surface area contributed by atoms with Crippen molar-refractivity contribution in [3.05, 3.63) is 25.7 Å². The summed E-state index contributed by atoms with van der Waals surface area (Å²) >= 11 is 0. The zero-order chi connectivity index (χ0) is 10.7. The highest BCUT2D eigenvalue weighted by Gasteiger charge is 2.51. The molecule has 0 heterocycles. The molecule has 2 aliphatic carbocycles. The molecule has 0 spiro atoms. The summed E-state index contributed by atoms with van der Waals surface area (Å²) in [6.45, 7) is 8.73. The first-order valence-corrected chi connectivity index (χ1v) is 5.76. The summed E-state index contributed by atoms with van der Waals surface area (Å²) in [4.78, 5) is 0. The van der Waals surface area contributed by atoms with Gasteiger partial charge in [0, 0.05) is 5.41 Å². The van der Waals surface area contributed by atoms with Crippen molar-refractivity contribution in [2.45, 2.75) is 25.7 Å². The Balaban J connectivity index is 2.01. The zero-order valence-electron chi connectivity index (χ0n) is 9.28. The van der Waals surface area contributed by atoms with Gasteiger partial charge in [-0.05, 0) is 31.1 Å². The average molecular weight is 208 g/mol. The van der Waals surface area contributed by atoms with Crippen LogP contribution in [0.5, 0.6) is 0 Å². The van der Waals surface area contributed by atoms with Gasteiger partial charge in [-0.1, -0.05) is 19.6 Å². The number of hydrogen-bond acceptors (Lipinski definition) is 2. The van der Waals surface area contributed by atoms with Crippen LogP contribution in [-0.4, -0.2) is 13.2 Å². The third-order valence-electron chi connectivity index (χ3n) is 4.08. The molecule has 0 N–H and O–H groups in total. The maximum absolute atomic E-state index is 5.42. The van der Waals surface area contributed by atoms with Gasteiger partial charge in [0.2, 0.25) is 0 Å². The first-order valence-electron chi connectivity index (χ1n) is 5.76. The molecular weight excluding hydrogens is 188 g/mol. The van der Waals surface area contributed by atoms with E-state index < -0.39 is 0 Å². The van der Waals surface area contributed by atoms with Gasteiger partial charge < -0.3 is 9.47 Å². The molecule has 0 radical (unpaired) electrons.